The summed E-state index contributed by atoms with van der Waals surface area (Å²) in [7, 11) is 0. The highest BCUT2D eigenvalue weighted by molar-refractivity contribution is 5.23. The third-order valence-corrected chi connectivity index (χ3v) is 3.44. The van der Waals surface area contributed by atoms with Gasteiger partial charge in [0.05, 0.1) is 0 Å². The molecular weight excluding hydrogens is 245 g/mol. The molecule has 1 aliphatic heterocycles. The summed E-state index contributed by atoms with van der Waals surface area (Å²) in [5.74, 6) is 0.0372. The van der Waals surface area contributed by atoms with E-state index in [-0.39, 0.29) is 11.9 Å². The second-order valence-electron chi connectivity index (χ2n) is 4.87. The number of ether oxygens (including phenoxy) is 2. The van der Waals surface area contributed by atoms with Crippen molar-refractivity contribution in [2.75, 3.05) is 19.8 Å². The van der Waals surface area contributed by atoms with Crippen molar-refractivity contribution in [2.45, 2.75) is 38.3 Å². The van der Waals surface area contributed by atoms with E-state index in [1.807, 2.05) is 0 Å². The Morgan fingerprint density at radius 2 is 2.11 bits per heavy atom. The zero-order chi connectivity index (χ0) is 13.5. The first kappa shape index (κ1) is 14.3. The fourth-order valence-corrected chi connectivity index (χ4v) is 2.19. The van der Waals surface area contributed by atoms with Crippen molar-refractivity contribution in [3.05, 3.63) is 30.1 Å². The first-order valence-electron chi connectivity index (χ1n) is 7.02. The van der Waals surface area contributed by atoms with Crippen molar-refractivity contribution < 1.29 is 13.9 Å². The second-order valence-corrected chi connectivity index (χ2v) is 4.87. The van der Waals surface area contributed by atoms with Crippen molar-refractivity contribution in [1.29, 1.82) is 0 Å². The fraction of sp³-hybridized carbons (Fsp3) is 0.600. The minimum absolute atomic E-state index is 0.000236. The van der Waals surface area contributed by atoms with Gasteiger partial charge in [0, 0.05) is 25.8 Å². The van der Waals surface area contributed by atoms with Crippen LogP contribution in [-0.2, 0) is 4.74 Å². The van der Waals surface area contributed by atoms with Crippen LogP contribution in [0.4, 0.5) is 4.39 Å². The maximum atomic E-state index is 13.5. The van der Waals surface area contributed by atoms with E-state index in [1.54, 1.807) is 18.2 Å². The van der Waals surface area contributed by atoms with Gasteiger partial charge in [0.1, 0.15) is 6.10 Å². The molecule has 0 saturated carbocycles. The van der Waals surface area contributed by atoms with Gasteiger partial charge in [-0.2, -0.15) is 0 Å². The van der Waals surface area contributed by atoms with Gasteiger partial charge in [0.15, 0.2) is 11.6 Å². The van der Waals surface area contributed by atoms with Crippen molar-refractivity contribution in [3.8, 4) is 5.75 Å². The fourth-order valence-electron chi connectivity index (χ4n) is 2.19. The highest BCUT2D eigenvalue weighted by atomic mass is 19.1. The van der Waals surface area contributed by atoms with E-state index >= 15 is 0 Å². The summed E-state index contributed by atoms with van der Waals surface area (Å²) >= 11 is 0. The van der Waals surface area contributed by atoms with Gasteiger partial charge in [0.25, 0.3) is 0 Å². The largest absolute Gasteiger partial charge is 0.486 e. The minimum Gasteiger partial charge on any atom is -0.486 e. The molecular formula is C15H22FNO2. The van der Waals surface area contributed by atoms with Crippen LogP contribution in [-0.4, -0.2) is 31.9 Å². The number of hydrogen-bond donors (Lipinski definition) is 1. The van der Waals surface area contributed by atoms with E-state index in [1.165, 1.54) is 6.07 Å². The van der Waals surface area contributed by atoms with E-state index in [2.05, 4.69) is 12.2 Å². The van der Waals surface area contributed by atoms with Gasteiger partial charge >= 0.3 is 0 Å². The van der Waals surface area contributed by atoms with Crippen molar-refractivity contribution in [1.82, 2.24) is 5.32 Å². The summed E-state index contributed by atoms with van der Waals surface area (Å²) in [6.45, 7) is 4.44. The molecule has 1 atom stereocenters. The molecule has 2 rings (SSSR count). The van der Waals surface area contributed by atoms with Gasteiger partial charge in [-0.25, -0.2) is 4.39 Å². The molecule has 19 heavy (non-hydrogen) atoms. The van der Waals surface area contributed by atoms with Crippen LogP contribution in [0.5, 0.6) is 5.75 Å². The molecule has 1 fully saturated rings. The Kier molecular flexibility index (Phi) is 5.61. The number of halogens is 1. The quantitative estimate of drug-likeness (QED) is 0.859. The zero-order valence-electron chi connectivity index (χ0n) is 11.4. The van der Waals surface area contributed by atoms with Crippen molar-refractivity contribution >= 4 is 0 Å². The van der Waals surface area contributed by atoms with Crippen LogP contribution in [0.25, 0.3) is 0 Å². The van der Waals surface area contributed by atoms with Crippen LogP contribution in [0, 0.1) is 5.82 Å². The summed E-state index contributed by atoms with van der Waals surface area (Å²) in [5, 5.41) is 3.48. The van der Waals surface area contributed by atoms with Crippen LogP contribution < -0.4 is 10.1 Å². The maximum Gasteiger partial charge on any atom is 0.165 e. The summed E-state index contributed by atoms with van der Waals surface area (Å²) in [5.41, 5.74) is 0. The summed E-state index contributed by atoms with van der Waals surface area (Å²) < 4.78 is 24.6. The second kappa shape index (κ2) is 7.46. The van der Waals surface area contributed by atoms with Gasteiger partial charge in [-0.05, 0) is 31.4 Å². The highest BCUT2D eigenvalue weighted by Gasteiger charge is 2.16. The molecule has 1 N–H and O–H groups in total. The first-order chi connectivity index (χ1) is 9.29. The molecule has 0 aromatic heterocycles. The normalized spacial score (nSPS) is 18.2. The number of rotatable bonds is 6. The predicted octanol–water partition coefficient (Wildman–Crippen LogP) is 2.75. The molecule has 0 spiro atoms. The third-order valence-electron chi connectivity index (χ3n) is 3.44. The minimum atomic E-state index is -0.299. The molecule has 1 saturated heterocycles. The topological polar surface area (TPSA) is 30.5 Å². The third kappa shape index (κ3) is 4.48. The summed E-state index contributed by atoms with van der Waals surface area (Å²) in [4.78, 5) is 0. The Hall–Kier alpha value is -1.13. The van der Waals surface area contributed by atoms with Crippen molar-refractivity contribution in [2.24, 2.45) is 0 Å². The summed E-state index contributed by atoms with van der Waals surface area (Å²) in [6.07, 6.45) is 2.93. The average molecular weight is 267 g/mol. The van der Waals surface area contributed by atoms with Gasteiger partial charge in [-0.15, -0.1) is 0 Å². The zero-order valence-corrected chi connectivity index (χ0v) is 11.4. The number of hydrogen-bond acceptors (Lipinski definition) is 3. The molecule has 0 unspecified atom stereocenters. The van der Waals surface area contributed by atoms with Crippen LogP contribution in [0.2, 0.25) is 0 Å². The van der Waals surface area contributed by atoms with Crippen LogP contribution in [0.15, 0.2) is 24.3 Å². The smallest absolute Gasteiger partial charge is 0.165 e. The predicted molar refractivity (Wildman–Crippen MR) is 73.0 cm³/mol. The monoisotopic (exact) mass is 267 g/mol. The van der Waals surface area contributed by atoms with Crippen LogP contribution >= 0.6 is 0 Å². The SMILES string of the molecule is CC[C@@H](CNC1CCOCC1)Oc1ccccc1F. The molecule has 4 heteroatoms. The van der Waals surface area contributed by atoms with E-state index in [9.17, 15) is 4.39 Å². The molecule has 0 radical (unpaired) electrons. The Bertz CT molecular complexity index is 380. The molecule has 1 aromatic carbocycles. The lowest BCUT2D eigenvalue weighted by Crippen LogP contribution is -2.40. The van der Waals surface area contributed by atoms with E-state index in [0.29, 0.717) is 11.8 Å². The molecule has 1 aromatic rings. The lowest BCUT2D eigenvalue weighted by molar-refractivity contribution is 0.0735. The number of nitrogens with one attached hydrogen (secondary N) is 1. The first-order valence-corrected chi connectivity index (χ1v) is 7.02. The Balaban J connectivity index is 1.81. The molecule has 3 nitrogen and oxygen atoms in total. The molecule has 1 heterocycles. The molecule has 0 amide bonds. The van der Waals surface area contributed by atoms with Gasteiger partial charge in [-0.3, -0.25) is 0 Å². The van der Waals surface area contributed by atoms with Gasteiger partial charge in [0.2, 0.25) is 0 Å². The van der Waals surface area contributed by atoms with Crippen LogP contribution in [0.1, 0.15) is 26.2 Å². The van der Waals surface area contributed by atoms with E-state index in [4.69, 9.17) is 9.47 Å². The van der Waals surface area contributed by atoms with E-state index < -0.39 is 0 Å². The number of benzene rings is 1. The number of para-hydroxylation sites is 1. The molecule has 1 aliphatic rings. The van der Waals surface area contributed by atoms with Crippen LogP contribution in [0.3, 0.4) is 0 Å². The Morgan fingerprint density at radius 1 is 1.37 bits per heavy atom. The van der Waals surface area contributed by atoms with Crippen molar-refractivity contribution in [3.63, 3.8) is 0 Å². The molecule has 0 bridgehead atoms. The Morgan fingerprint density at radius 3 is 2.79 bits per heavy atom. The lowest BCUT2D eigenvalue weighted by atomic mass is 10.1. The highest BCUT2D eigenvalue weighted by Crippen LogP contribution is 2.18. The Labute approximate surface area is 114 Å². The molecule has 106 valence electrons. The maximum absolute atomic E-state index is 13.5. The lowest BCUT2D eigenvalue weighted by Gasteiger charge is -2.26. The average Bonchev–Trinajstić information content (AvgIpc) is 2.46. The standard InChI is InChI=1S/C15H22FNO2/c1-2-13(11-17-12-7-9-18-10-8-12)19-15-6-4-3-5-14(15)16/h3-6,12-13,17H,2,7-11H2,1H3/t13-/m0/s1. The van der Waals surface area contributed by atoms with Gasteiger partial charge in [-0.1, -0.05) is 19.1 Å². The summed E-state index contributed by atoms with van der Waals surface area (Å²) in [6, 6.07) is 7.05. The molecule has 0 aliphatic carbocycles. The van der Waals surface area contributed by atoms with E-state index in [0.717, 1.165) is 39.0 Å². The van der Waals surface area contributed by atoms with Gasteiger partial charge < -0.3 is 14.8 Å².